The molecule has 1 heterocycles. The topological polar surface area (TPSA) is 78.9 Å². The number of aliphatic carboxylic acids is 1. The number of urea groups is 1. The van der Waals surface area contributed by atoms with Crippen molar-refractivity contribution in [1.82, 2.24) is 10.2 Å². The third kappa shape index (κ3) is 3.10. The van der Waals surface area contributed by atoms with Crippen LogP contribution < -0.4 is 5.32 Å². The number of ether oxygens (including phenoxy) is 1. The van der Waals surface area contributed by atoms with Crippen LogP contribution in [-0.2, 0) is 9.53 Å². The summed E-state index contributed by atoms with van der Waals surface area (Å²) in [5.74, 6) is -1.01. The van der Waals surface area contributed by atoms with Crippen molar-refractivity contribution in [3.63, 3.8) is 0 Å². The molecule has 2 amide bonds. The molecule has 0 aliphatic carbocycles. The normalized spacial score (nSPS) is 21.5. The Morgan fingerprint density at radius 1 is 1.62 bits per heavy atom. The molecule has 1 aliphatic rings. The first kappa shape index (κ1) is 12.8. The molecule has 0 aromatic carbocycles. The van der Waals surface area contributed by atoms with Crippen LogP contribution in [-0.4, -0.2) is 54.4 Å². The molecule has 1 aliphatic heterocycles. The molecule has 16 heavy (non-hydrogen) atoms. The lowest BCUT2D eigenvalue weighted by Crippen LogP contribution is -2.49. The van der Waals surface area contributed by atoms with Crippen LogP contribution in [0.5, 0.6) is 0 Å². The number of nitrogens with one attached hydrogen (secondary N) is 1. The van der Waals surface area contributed by atoms with E-state index in [2.05, 4.69) is 5.32 Å². The van der Waals surface area contributed by atoms with Gasteiger partial charge in [-0.3, -0.25) is 0 Å². The third-order valence-corrected chi connectivity index (χ3v) is 2.78. The van der Waals surface area contributed by atoms with Gasteiger partial charge in [0.1, 0.15) is 6.04 Å². The zero-order valence-corrected chi connectivity index (χ0v) is 9.60. The summed E-state index contributed by atoms with van der Waals surface area (Å²) in [6, 6.07) is -1.13. The van der Waals surface area contributed by atoms with Crippen LogP contribution in [0, 0.1) is 0 Å². The second-order valence-corrected chi connectivity index (χ2v) is 3.88. The Labute approximate surface area is 94.6 Å². The van der Waals surface area contributed by atoms with Crippen LogP contribution in [0.1, 0.15) is 19.8 Å². The quantitative estimate of drug-likeness (QED) is 0.727. The van der Waals surface area contributed by atoms with Gasteiger partial charge < -0.3 is 20.1 Å². The van der Waals surface area contributed by atoms with Gasteiger partial charge in [0.25, 0.3) is 0 Å². The fourth-order valence-corrected chi connectivity index (χ4v) is 1.58. The number of nitrogens with zero attached hydrogens (tertiary/aromatic N) is 1. The fraction of sp³-hybridized carbons (Fsp3) is 0.800. The number of hydrogen-bond acceptors (Lipinski definition) is 3. The molecule has 0 radical (unpaired) electrons. The van der Waals surface area contributed by atoms with Gasteiger partial charge >= 0.3 is 12.0 Å². The van der Waals surface area contributed by atoms with Crippen LogP contribution >= 0.6 is 0 Å². The second kappa shape index (κ2) is 5.69. The molecule has 1 rings (SSSR count). The van der Waals surface area contributed by atoms with Gasteiger partial charge in [0.2, 0.25) is 0 Å². The van der Waals surface area contributed by atoms with E-state index in [1.165, 1.54) is 4.90 Å². The Bertz CT molecular complexity index is 264. The van der Waals surface area contributed by atoms with Gasteiger partial charge in [-0.05, 0) is 12.8 Å². The van der Waals surface area contributed by atoms with E-state index in [4.69, 9.17) is 9.84 Å². The first-order chi connectivity index (χ1) is 7.56. The summed E-state index contributed by atoms with van der Waals surface area (Å²) >= 11 is 0. The molecule has 92 valence electrons. The average Bonchev–Trinajstić information content (AvgIpc) is 2.77. The number of carbonyl (C=O) groups is 2. The van der Waals surface area contributed by atoms with Crippen LogP contribution in [0.4, 0.5) is 4.79 Å². The van der Waals surface area contributed by atoms with E-state index in [0.29, 0.717) is 19.6 Å². The van der Waals surface area contributed by atoms with E-state index in [1.54, 1.807) is 14.0 Å². The lowest BCUT2D eigenvalue weighted by Gasteiger charge is -2.25. The Morgan fingerprint density at radius 3 is 2.75 bits per heavy atom. The largest absolute Gasteiger partial charge is 0.480 e. The predicted molar refractivity (Wildman–Crippen MR) is 57.2 cm³/mol. The van der Waals surface area contributed by atoms with Gasteiger partial charge in [0, 0.05) is 13.7 Å². The van der Waals surface area contributed by atoms with E-state index in [1.807, 2.05) is 0 Å². The maximum atomic E-state index is 11.7. The van der Waals surface area contributed by atoms with Crippen LogP contribution in [0.15, 0.2) is 0 Å². The minimum Gasteiger partial charge on any atom is -0.480 e. The molecule has 2 N–H and O–H groups in total. The molecular formula is C10H18N2O4. The first-order valence-electron chi connectivity index (χ1n) is 5.40. The van der Waals surface area contributed by atoms with Crippen molar-refractivity contribution < 1.29 is 19.4 Å². The maximum Gasteiger partial charge on any atom is 0.326 e. The van der Waals surface area contributed by atoms with Crippen molar-refractivity contribution >= 4 is 12.0 Å². The molecular weight excluding hydrogens is 212 g/mol. The monoisotopic (exact) mass is 230 g/mol. The molecule has 0 saturated carbocycles. The molecule has 1 saturated heterocycles. The number of carbonyl (C=O) groups excluding carboxylic acids is 1. The summed E-state index contributed by atoms with van der Waals surface area (Å²) in [4.78, 5) is 24.0. The van der Waals surface area contributed by atoms with Gasteiger partial charge in [0.15, 0.2) is 0 Å². The molecule has 6 heteroatoms. The molecule has 6 nitrogen and oxygen atoms in total. The molecule has 0 spiro atoms. The number of hydrogen-bond donors (Lipinski definition) is 2. The SMILES string of the molecule is CCC(NC(=O)N(C)C1CCOC1)C(=O)O. The standard InChI is InChI=1S/C10H18N2O4/c1-3-8(9(13)14)11-10(15)12(2)7-4-5-16-6-7/h7-8H,3-6H2,1-2H3,(H,11,15)(H,13,14). The van der Waals surface area contributed by atoms with E-state index in [-0.39, 0.29) is 12.1 Å². The van der Waals surface area contributed by atoms with Gasteiger partial charge in [-0.25, -0.2) is 9.59 Å². The smallest absolute Gasteiger partial charge is 0.326 e. The van der Waals surface area contributed by atoms with Gasteiger partial charge in [-0.15, -0.1) is 0 Å². The molecule has 0 bridgehead atoms. The van der Waals surface area contributed by atoms with Gasteiger partial charge in [0.05, 0.1) is 12.6 Å². The Morgan fingerprint density at radius 2 is 2.31 bits per heavy atom. The average molecular weight is 230 g/mol. The molecule has 0 aromatic heterocycles. The minimum atomic E-state index is -1.01. The number of likely N-dealkylation sites (N-methyl/N-ethyl adjacent to an activating group) is 1. The lowest BCUT2D eigenvalue weighted by atomic mass is 10.2. The molecule has 0 aromatic rings. The van der Waals surface area contributed by atoms with Crippen LogP contribution in [0.25, 0.3) is 0 Å². The van der Waals surface area contributed by atoms with Crippen molar-refractivity contribution in [2.24, 2.45) is 0 Å². The fourth-order valence-electron chi connectivity index (χ4n) is 1.58. The minimum absolute atomic E-state index is 0.0475. The third-order valence-electron chi connectivity index (χ3n) is 2.78. The highest BCUT2D eigenvalue weighted by atomic mass is 16.5. The van der Waals surface area contributed by atoms with Gasteiger partial charge in [-0.1, -0.05) is 6.92 Å². The van der Waals surface area contributed by atoms with Crippen molar-refractivity contribution in [1.29, 1.82) is 0 Å². The van der Waals surface area contributed by atoms with E-state index < -0.39 is 12.0 Å². The number of carboxylic acids is 1. The van der Waals surface area contributed by atoms with E-state index >= 15 is 0 Å². The highest BCUT2D eigenvalue weighted by molar-refractivity contribution is 5.82. The zero-order valence-electron chi connectivity index (χ0n) is 9.60. The second-order valence-electron chi connectivity index (χ2n) is 3.88. The summed E-state index contributed by atoms with van der Waals surface area (Å²) in [6.07, 6.45) is 1.17. The Hall–Kier alpha value is -1.30. The highest BCUT2D eigenvalue weighted by Gasteiger charge is 2.26. The van der Waals surface area contributed by atoms with Crippen molar-refractivity contribution in [2.75, 3.05) is 20.3 Å². The lowest BCUT2D eigenvalue weighted by molar-refractivity contribution is -0.139. The molecule has 2 unspecified atom stereocenters. The van der Waals surface area contributed by atoms with Crippen molar-refractivity contribution in [2.45, 2.75) is 31.8 Å². The summed E-state index contributed by atoms with van der Waals surface area (Å²) in [7, 11) is 1.66. The highest BCUT2D eigenvalue weighted by Crippen LogP contribution is 2.10. The summed E-state index contributed by atoms with van der Waals surface area (Å²) < 4.78 is 5.17. The predicted octanol–water partition coefficient (Wildman–Crippen LogP) is 0.280. The van der Waals surface area contributed by atoms with Crippen LogP contribution in [0.3, 0.4) is 0 Å². The van der Waals surface area contributed by atoms with Crippen LogP contribution in [0.2, 0.25) is 0 Å². The summed E-state index contributed by atoms with van der Waals surface area (Å²) in [5.41, 5.74) is 0. The number of rotatable bonds is 4. The van der Waals surface area contributed by atoms with E-state index in [0.717, 1.165) is 6.42 Å². The summed E-state index contributed by atoms with van der Waals surface area (Å²) in [6.45, 7) is 2.89. The first-order valence-corrected chi connectivity index (χ1v) is 5.40. The van der Waals surface area contributed by atoms with E-state index in [9.17, 15) is 9.59 Å². The summed E-state index contributed by atoms with van der Waals surface area (Å²) in [5, 5.41) is 11.3. The Kier molecular flexibility index (Phi) is 4.54. The van der Waals surface area contributed by atoms with Gasteiger partial charge in [-0.2, -0.15) is 0 Å². The van der Waals surface area contributed by atoms with Crippen molar-refractivity contribution in [3.05, 3.63) is 0 Å². The molecule has 1 fully saturated rings. The Balaban J connectivity index is 2.46. The molecule has 2 atom stereocenters. The number of carboxylic acid groups (broad SMARTS) is 1. The number of amides is 2. The maximum absolute atomic E-state index is 11.7. The van der Waals surface area contributed by atoms with Crippen molar-refractivity contribution in [3.8, 4) is 0 Å². The zero-order chi connectivity index (χ0) is 12.1.